The third-order valence-corrected chi connectivity index (χ3v) is 9.82. The van der Waals surface area contributed by atoms with E-state index in [1.165, 1.54) is 6.20 Å². The number of nitrogens with two attached hydrogens (primary N) is 1. The van der Waals surface area contributed by atoms with Crippen molar-refractivity contribution in [1.29, 1.82) is 0 Å². The molecule has 4 aliphatic rings. The number of hydrogen-bond donors (Lipinski definition) is 2. The van der Waals surface area contributed by atoms with E-state index in [9.17, 15) is 9.59 Å². The predicted octanol–water partition coefficient (Wildman–Crippen LogP) is 4.71. The molecule has 42 heavy (non-hydrogen) atoms. The molecule has 1 saturated heterocycles. The van der Waals surface area contributed by atoms with Gasteiger partial charge in [-0.3, -0.25) is 14.5 Å². The molecular weight excluding hydrogens is 582 g/mol. The lowest BCUT2D eigenvalue weighted by atomic mass is 9.71. The molecular formula is C30H25Cl2FN6O3. The van der Waals surface area contributed by atoms with Gasteiger partial charge in [0.2, 0.25) is 17.7 Å². The maximum absolute atomic E-state index is 16.0. The van der Waals surface area contributed by atoms with Gasteiger partial charge in [0.25, 0.3) is 0 Å². The summed E-state index contributed by atoms with van der Waals surface area (Å²) in [5, 5.41) is 8.85. The van der Waals surface area contributed by atoms with Gasteiger partial charge in [0.1, 0.15) is 12.1 Å². The Balaban J connectivity index is 1.36. The van der Waals surface area contributed by atoms with E-state index in [0.717, 1.165) is 23.8 Å². The minimum absolute atomic E-state index is 0.234. The first-order valence-corrected chi connectivity index (χ1v) is 14.6. The highest BCUT2D eigenvalue weighted by Crippen LogP contribution is 2.61. The van der Waals surface area contributed by atoms with Crippen LogP contribution in [-0.2, 0) is 16.9 Å². The lowest BCUT2D eigenvalue weighted by molar-refractivity contribution is -0.128. The van der Waals surface area contributed by atoms with Crippen molar-refractivity contribution < 1.29 is 18.7 Å². The number of benzene rings is 2. The summed E-state index contributed by atoms with van der Waals surface area (Å²) in [6.07, 6.45) is 3.61. The monoisotopic (exact) mass is 606 g/mol. The summed E-state index contributed by atoms with van der Waals surface area (Å²) >= 11 is 12.6. The Morgan fingerprint density at radius 2 is 2.02 bits per heavy atom. The van der Waals surface area contributed by atoms with E-state index in [1.54, 1.807) is 41.1 Å². The number of rotatable bonds is 4. The maximum atomic E-state index is 16.0. The molecule has 9 nitrogen and oxygen atoms in total. The zero-order valence-electron chi connectivity index (χ0n) is 22.2. The molecule has 2 amide bonds. The third-order valence-electron chi connectivity index (χ3n) is 9.33. The number of pyridine rings is 1. The zero-order valence-corrected chi connectivity index (χ0v) is 23.7. The number of halogens is 3. The van der Waals surface area contributed by atoms with E-state index in [0.29, 0.717) is 52.2 Å². The average molecular weight is 607 g/mol. The van der Waals surface area contributed by atoms with Crippen LogP contribution < -0.4 is 15.8 Å². The molecule has 214 valence electrons. The Morgan fingerprint density at radius 3 is 2.81 bits per heavy atom. The fourth-order valence-electron chi connectivity index (χ4n) is 7.42. The number of hydrogen-bond acceptors (Lipinski definition) is 6. The second-order valence-corrected chi connectivity index (χ2v) is 12.4. The summed E-state index contributed by atoms with van der Waals surface area (Å²) in [7, 11) is 0. The number of fused-ring (bicyclic) bond motifs is 6. The van der Waals surface area contributed by atoms with Gasteiger partial charge in [-0.1, -0.05) is 29.3 Å². The van der Waals surface area contributed by atoms with Crippen molar-refractivity contribution in [3.63, 3.8) is 0 Å². The summed E-state index contributed by atoms with van der Waals surface area (Å²) in [6, 6.07) is 11.8. The van der Waals surface area contributed by atoms with Gasteiger partial charge >= 0.3 is 0 Å². The standard InChI is InChI=1S/C30H25Cl2FN6O3/c31-16-4-6-20-22(10-16)36-29(41)30(20)24(18-7-8-35-26(32)25(18)33)19-12-39-28(42-13-23(19)38(30)11-14-1-2-14)17-5-3-15(27(34)40)9-21(17)37-39/h3-10,14,19,23-24H,1-2,11-13H2,(H2,34,40)(H,36,41)/t19-,23+,24+,30-/m1/s1. The van der Waals surface area contributed by atoms with Crippen LogP contribution in [0.5, 0.6) is 5.88 Å². The number of nitrogens with one attached hydrogen (secondary N) is 1. The van der Waals surface area contributed by atoms with Gasteiger partial charge in [0.15, 0.2) is 11.0 Å². The zero-order chi connectivity index (χ0) is 28.9. The van der Waals surface area contributed by atoms with E-state index in [4.69, 9.17) is 38.8 Å². The SMILES string of the molecule is NC(=O)c1ccc2c3n(nc2c1)C[C@@H]1[C@H](CO3)N(CC2CC2)[C@@]2(C(=O)Nc3cc(Cl)ccc32)[C@H]1c1ccnc(Cl)c1F. The van der Waals surface area contributed by atoms with Gasteiger partial charge < -0.3 is 15.8 Å². The second-order valence-electron chi connectivity index (χ2n) is 11.6. The van der Waals surface area contributed by atoms with Crippen molar-refractivity contribution >= 4 is 51.6 Å². The lowest BCUT2D eigenvalue weighted by Crippen LogP contribution is -2.53. The summed E-state index contributed by atoms with van der Waals surface area (Å²) in [6.45, 7) is 1.25. The normalized spacial score (nSPS) is 26.5. The van der Waals surface area contributed by atoms with Crippen LogP contribution in [0.15, 0.2) is 48.7 Å². The summed E-state index contributed by atoms with van der Waals surface area (Å²) < 4.78 is 24.3. The number of ether oxygens (including phenoxy) is 1. The first kappa shape index (κ1) is 25.9. The first-order valence-electron chi connectivity index (χ1n) is 13.9. The Labute approximate surface area is 249 Å². The summed E-state index contributed by atoms with van der Waals surface area (Å²) in [4.78, 5) is 32.4. The highest BCUT2D eigenvalue weighted by molar-refractivity contribution is 6.31. The highest BCUT2D eigenvalue weighted by atomic mass is 35.5. The largest absolute Gasteiger partial charge is 0.476 e. The molecule has 5 heterocycles. The van der Waals surface area contributed by atoms with Gasteiger partial charge in [0.05, 0.1) is 16.9 Å². The van der Waals surface area contributed by atoms with Crippen molar-refractivity contribution in [3.8, 4) is 5.88 Å². The number of likely N-dealkylation sites (tertiary alicyclic amines) is 1. The van der Waals surface area contributed by atoms with Crippen LogP contribution in [0.2, 0.25) is 10.2 Å². The molecule has 4 aromatic rings. The number of nitrogens with zero attached hydrogens (tertiary/aromatic N) is 4. The predicted molar refractivity (Wildman–Crippen MR) is 154 cm³/mol. The van der Waals surface area contributed by atoms with Crippen LogP contribution in [0, 0.1) is 17.7 Å². The smallest absolute Gasteiger partial charge is 0.250 e. The van der Waals surface area contributed by atoms with Crippen molar-refractivity contribution in [2.24, 2.45) is 17.6 Å². The number of amides is 2. The van der Waals surface area contributed by atoms with Crippen molar-refractivity contribution in [2.75, 3.05) is 18.5 Å². The average Bonchev–Trinajstić information content (AvgIpc) is 3.63. The molecule has 0 bridgehead atoms. The number of primary amides is 1. The van der Waals surface area contributed by atoms with Gasteiger partial charge in [-0.2, -0.15) is 5.10 Å². The fraction of sp³-hybridized carbons (Fsp3) is 0.333. The van der Waals surface area contributed by atoms with Crippen LogP contribution >= 0.6 is 23.2 Å². The fourth-order valence-corrected chi connectivity index (χ4v) is 7.76. The molecule has 2 aromatic carbocycles. The Kier molecular flexibility index (Phi) is 5.64. The third kappa shape index (κ3) is 3.58. The summed E-state index contributed by atoms with van der Waals surface area (Å²) in [5.41, 5.74) is 6.86. The van der Waals surface area contributed by atoms with Crippen LogP contribution in [0.1, 0.15) is 40.2 Å². The van der Waals surface area contributed by atoms with Gasteiger partial charge in [-0.05, 0) is 60.7 Å². The first-order chi connectivity index (χ1) is 20.3. The number of aromatic nitrogens is 3. The van der Waals surface area contributed by atoms with Crippen LogP contribution in [-0.4, -0.2) is 50.7 Å². The number of carbonyl (C=O) groups is 2. The minimum atomic E-state index is -1.24. The van der Waals surface area contributed by atoms with Crippen LogP contribution in [0.3, 0.4) is 0 Å². The second kappa shape index (κ2) is 9.13. The molecule has 3 N–H and O–H groups in total. The molecule has 2 aromatic heterocycles. The molecule has 4 atom stereocenters. The van der Waals surface area contributed by atoms with Gasteiger partial charge in [-0.15, -0.1) is 0 Å². The number of carbonyl (C=O) groups excluding carboxylic acids is 2. The molecule has 0 radical (unpaired) electrons. The van der Waals surface area contributed by atoms with E-state index in [1.807, 2.05) is 6.07 Å². The quantitative estimate of drug-likeness (QED) is 0.325. The Hall–Kier alpha value is -3.73. The van der Waals surface area contributed by atoms with Crippen molar-refractivity contribution in [1.82, 2.24) is 19.7 Å². The number of anilines is 1. The van der Waals surface area contributed by atoms with Crippen LogP contribution in [0.4, 0.5) is 10.1 Å². The van der Waals surface area contributed by atoms with E-state index < -0.39 is 23.2 Å². The summed E-state index contributed by atoms with van der Waals surface area (Å²) in [5.74, 6) is -1.42. The molecule has 1 aliphatic carbocycles. The lowest BCUT2D eigenvalue weighted by Gasteiger charge is -2.40. The molecule has 2 fully saturated rings. The van der Waals surface area contributed by atoms with Gasteiger partial charge in [0, 0.05) is 53.0 Å². The van der Waals surface area contributed by atoms with E-state index in [2.05, 4.69) is 15.2 Å². The molecule has 0 unspecified atom stereocenters. The van der Waals surface area contributed by atoms with Gasteiger partial charge in [-0.25, -0.2) is 14.1 Å². The molecule has 1 saturated carbocycles. The molecule has 8 rings (SSSR count). The van der Waals surface area contributed by atoms with E-state index in [-0.39, 0.29) is 29.6 Å². The van der Waals surface area contributed by atoms with Crippen molar-refractivity contribution in [3.05, 3.63) is 81.3 Å². The molecule has 3 aliphatic heterocycles. The maximum Gasteiger partial charge on any atom is 0.250 e. The molecule has 1 spiro atoms. The van der Waals surface area contributed by atoms with E-state index >= 15 is 4.39 Å². The Bertz CT molecular complexity index is 1830. The van der Waals surface area contributed by atoms with Crippen LogP contribution in [0.25, 0.3) is 10.9 Å². The molecule has 12 heteroatoms. The Morgan fingerprint density at radius 1 is 1.19 bits per heavy atom. The topological polar surface area (TPSA) is 115 Å². The van der Waals surface area contributed by atoms with Crippen molar-refractivity contribution in [2.45, 2.75) is 36.9 Å². The minimum Gasteiger partial charge on any atom is -0.476 e. The highest BCUT2D eigenvalue weighted by Gasteiger charge is 2.68.